The number of nitrogens with zero attached hydrogens (tertiary/aromatic N) is 1. The average Bonchev–Trinajstić information content (AvgIpc) is 3.23. The first kappa shape index (κ1) is 14.3. The summed E-state index contributed by atoms with van der Waals surface area (Å²) < 4.78 is 18.7. The molecule has 1 saturated carbocycles. The number of hydrogen-bond acceptors (Lipinski definition) is 3. The highest BCUT2D eigenvalue weighted by molar-refractivity contribution is 5.47. The van der Waals surface area contributed by atoms with E-state index in [2.05, 4.69) is 11.8 Å². The molecule has 0 heterocycles. The van der Waals surface area contributed by atoms with Gasteiger partial charge in [0.05, 0.1) is 12.3 Å². The summed E-state index contributed by atoms with van der Waals surface area (Å²) in [4.78, 5) is 2.34. The van der Waals surface area contributed by atoms with Gasteiger partial charge in [-0.1, -0.05) is 12.1 Å². The van der Waals surface area contributed by atoms with Gasteiger partial charge < -0.3 is 10.5 Å². The van der Waals surface area contributed by atoms with E-state index in [1.54, 1.807) is 13.2 Å². The molecule has 0 aromatic heterocycles. The van der Waals surface area contributed by atoms with Crippen molar-refractivity contribution in [3.05, 3.63) is 29.6 Å². The number of nitrogen functional groups attached to an aromatic ring is 1. The monoisotopic (exact) mass is 266 g/mol. The third kappa shape index (κ3) is 3.67. The van der Waals surface area contributed by atoms with E-state index in [-0.39, 0.29) is 11.5 Å². The summed E-state index contributed by atoms with van der Waals surface area (Å²) >= 11 is 0. The lowest BCUT2D eigenvalue weighted by Gasteiger charge is -2.29. The van der Waals surface area contributed by atoms with E-state index in [4.69, 9.17) is 10.5 Å². The van der Waals surface area contributed by atoms with Crippen LogP contribution >= 0.6 is 0 Å². The van der Waals surface area contributed by atoms with Crippen molar-refractivity contribution in [3.8, 4) is 0 Å². The van der Waals surface area contributed by atoms with Crippen LogP contribution in [0, 0.1) is 11.7 Å². The smallest absolute Gasteiger partial charge is 0.146 e. The van der Waals surface area contributed by atoms with Crippen molar-refractivity contribution < 1.29 is 9.13 Å². The lowest BCUT2D eigenvalue weighted by Crippen LogP contribution is -2.36. The molecule has 1 unspecified atom stereocenters. The number of para-hydroxylation sites is 1. The van der Waals surface area contributed by atoms with Gasteiger partial charge >= 0.3 is 0 Å². The van der Waals surface area contributed by atoms with Crippen LogP contribution in [0.2, 0.25) is 0 Å². The minimum Gasteiger partial charge on any atom is -0.396 e. The van der Waals surface area contributed by atoms with Gasteiger partial charge in [0.1, 0.15) is 5.82 Å². The van der Waals surface area contributed by atoms with Crippen LogP contribution in [-0.4, -0.2) is 31.2 Å². The van der Waals surface area contributed by atoms with Gasteiger partial charge in [0.15, 0.2) is 0 Å². The Morgan fingerprint density at radius 1 is 1.47 bits per heavy atom. The molecule has 1 fully saturated rings. The number of anilines is 1. The molecule has 0 amide bonds. The van der Waals surface area contributed by atoms with E-state index < -0.39 is 0 Å². The second-order valence-corrected chi connectivity index (χ2v) is 5.35. The Hall–Kier alpha value is -1.13. The van der Waals surface area contributed by atoms with Gasteiger partial charge in [-0.05, 0) is 37.3 Å². The molecule has 1 aromatic carbocycles. The highest BCUT2D eigenvalue weighted by Crippen LogP contribution is 2.35. The van der Waals surface area contributed by atoms with Crippen molar-refractivity contribution in [1.29, 1.82) is 0 Å². The largest absolute Gasteiger partial charge is 0.396 e. The molecule has 1 atom stereocenters. The second-order valence-electron chi connectivity index (χ2n) is 5.35. The van der Waals surface area contributed by atoms with Crippen molar-refractivity contribution in [2.24, 2.45) is 5.92 Å². The zero-order valence-corrected chi connectivity index (χ0v) is 11.7. The zero-order valence-electron chi connectivity index (χ0n) is 11.7. The van der Waals surface area contributed by atoms with E-state index in [0.717, 1.165) is 18.0 Å². The van der Waals surface area contributed by atoms with E-state index in [0.29, 0.717) is 19.2 Å². The van der Waals surface area contributed by atoms with Crippen LogP contribution < -0.4 is 5.73 Å². The Labute approximate surface area is 114 Å². The highest BCUT2D eigenvalue weighted by atomic mass is 19.1. The third-order valence-electron chi connectivity index (χ3n) is 3.98. The zero-order chi connectivity index (χ0) is 13.8. The SMILES string of the molecule is COCCN(Cc1cccc(F)c1N)C(C)C1CC1. The van der Waals surface area contributed by atoms with Gasteiger partial charge in [0.25, 0.3) is 0 Å². The average molecular weight is 266 g/mol. The molecule has 1 aliphatic carbocycles. The van der Waals surface area contributed by atoms with Gasteiger partial charge in [0, 0.05) is 26.2 Å². The molecule has 1 aliphatic rings. The van der Waals surface area contributed by atoms with E-state index in [1.165, 1.54) is 18.9 Å². The Bertz CT molecular complexity index is 421. The predicted molar refractivity (Wildman–Crippen MR) is 75.3 cm³/mol. The molecule has 19 heavy (non-hydrogen) atoms. The molecule has 0 aliphatic heterocycles. The minimum atomic E-state index is -0.330. The molecule has 0 saturated heterocycles. The van der Waals surface area contributed by atoms with Crippen molar-refractivity contribution in [1.82, 2.24) is 4.90 Å². The Morgan fingerprint density at radius 3 is 2.84 bits per heavy atom. The molecule has 0 bridgehead atoms. The Balaban J connectivity index is 2.07. The van der Waals surface area contributed by atoms with Gasteiger partial charge in [-0.15, -0.1) is 0 Å². The maximum absolute atomic E-state index is 13.5. The fourth-order valence-corrected chi connectivity index (χ4v) is 2.45. The van der Waals surface area contributed by atoms with Crippen LogP contribution in [0.1, 0.15) is 25.3 Å². The van der Waals surface area contributed by atoms with E-state index >= 15 is 0 Å². The fraction of sp³-hybridized carbons (Fsp3) is 0.600. The third-order valence-corrected chi connectivity index (χ3v) is 3.98. The summed E-state index contributed by atoms with van der Waals surface area (Å²) in [6, 6.07) is 5.52. The molecular weight excluding hydrogens is 243 g/mol. The van der Waals surface area contributed by atoms with Crippen LogP contribution in [0.3, 0.4) is 0 Å². The van der Waals surface area contributed by atoms with Crippen LogP contribution in [0.5, 0.6) is 0 Å². The molecule has 2 rings (SSSR count). The van der Waals surface area contributed by atoms with Crippen LogP contribution in [0.15, 0.2) is 18.2 Å². The molecule has 1 aromatic rings. The molecule has 106 valence electrons. The molecule has 4 heteroatoms. The summed E-state index contributed by atoms with van der Waals surface area (Å²) in [5.74, 6) is 0.440. The summed E-state index contributed by atoms with van der Waals surface area (Å²) in [6.07, 6.45) is 2.59. The van der Waals surface area contributed by atoms with Gasteiger partial charge in [-0.25, -0.2) is 4.39 Å². The quantitative estimate of drug-likeness (QED) is 0.771. The molecule has 3 nitrogen and oxygen atoms in total. The van der Waals surface area contributed by atoms with Gasteiger partial charge in [0.2, 0.25) is 0 Å². The van der Waals surface area contributed by atoms with E-state index in [9.17, 15) is 4.39 Å². The number of halogens is 1. The lowest BCUT2D eigenvalue weighted by atomic mass is 10.1. The normalized spacial score (nSPS) is 16.8. The van der Waals surface area contributed by atoms with Gasteiger partial charge in [-0.2, -0.15) is 0 Å². The Kier molecular flexibility index (Phi) is 4.77. The predicted octanol–water partition coefficient (Wildman–Crippen LogP) is 2.65. The molecule has 0 spiro atoms. The van der Waals surface area contributed by atoms with Crippen molar-refractivity contribution in [3.63, 3.8) is 0 Å². The molecule has 2 N–H and O–H groups in total. The van der Waals surface area contributed by atoms with Crippen LogP contribution in [0.25, 0.3) is 0 Å². The minimum absolute atomic E-state index is 0.271. The van der Waals surface area contributed by atoms with Gasteiger partial charge in [-0.3, -0.25) is 4.90 Å². The number of methoxy groups -OCH3 is 1. The topological polar surface area (TPSA) is 38.5 Å². The fourth-order valence-electron chi connectivity index (χ4n) is 2.45. The maximum Gasteiger partial charge on any atom is 0.146 e. The van der Waals surface area contributed by atoms with Crippen molar-refractivity contribution >= 4 is 5.69 Å². The first-order valence-corrected chi connectivity index (χ1v) is 6.89. The lowest BCUT2D eigenvalue weighted by molar-refractivity contribution is 0.112. The number of benzene rings is 1. The van der Waals surface area contributed by atoms with Crippen molar-refractivity contribution in [2.45, 2.75) is 32.4 Å². The summed E-state index contributed by atoms with van der Waals surface area (Å²) in [5.41, 5.74) is 6.95. The summed E-state index contributed by atoms with van der Waals surface area (Å²) in [7, 11) is 1.70. The van der Waals surface area contributed by atoms with Crippen molar-refractivity contribution in [2.75, 3.05) is 26.0 Å². The molecule has 0 radical (unpaired) electrons. The van der Waals surface area contributed by atoms with Crippen LogP contribution in [-0.2, 0) is 11.3 Å². The highest BCUT2D eigenvalue weighted by Gasteiger charge is 2.32. The summed E-state index contributed by atoms with van der Waals surface area (Å²) in [6.45, 7) is 4.46. The van der Waals surface area contributed by atoms with E-state index in [1.807, 2.05) is 6.07 Å². The second kappa shape index (κ2) is 6.35. The number of hydrogen-bond donors (Lipinski definition) is 1. The summed E-state index contributed by atoms with van der Waals surface area (Å²) in [5, 5.41) is 0. The first-order valence-electron chi connectivity index (χ1n) is 6.89. The standard InChI is InChI=1S/C15H23FN2O/c1-11(12-6-7-12)18(8-9-19-2)10-13-4-3-5-14(16)15(13)17/h3-5,11-12H,6-10,17H2,1-2H3. The number of ether oxygens (including phenoxy) is 1. The maximum atomic E-state index is 13.5. The molecular formula is C15H23FN2O. The number of nitrogens with two attached hydrogens (primary N) is 1. The van der Waals surface area contributed by atoms with Crippen LogP contribution in [0.4, 0.5) is 10.1 Å². The Morgan fingerprint density at radius 2 is 2.21 bits per heavy atom. The number of rotatable bonds is 7. The first-order chi connectivity index (χ1) is 9.13.